The van der Waals surface area contributed by atoms with Crippen LogP contribution in [0.4, 0.5) is 4.39 Å². The van der Waals surface area contributed by atoms with Crippen LogP contribution in [-0.2, 0) is 6.42 Å². The molecule has 0 aromatic heterocycles. The van der Waals surface area contributed by atoms with Crippen LogP contribution in [0.5, 0.6) is 0 Å². The zero-order valence-electron chi connectivity index (χ0n) is 9.54. The van der Waals surface area contributed by atoms with Crippen LogP contribution in [0.1, 0.15) is 17.2 Å². The topological polar surface area (TPSA) is 26.0 Å². The van der Waals surface area contributed by atoms with Crippen LogP contribution >= 0.6 is 38.5 Å². The Morgan fingerprint density at radius 2 is 1.94 bits per heavy atom. The van der Waals surface area contributed by atoms with E-state index in [1.165, 1.54) is 6.07 Å². The van der Waals surface area contributed by atoms with E-state index in [9.17, 15) is 4.39 Å². The van der Waals surface area contributed by atoms with Crippen molar-refractivity contribution in [3.63, 3.8) is 0 Å². The van der Waals surface area contributed by atoms with Gasteiger partial charge in [-0.2, -0.15) is 0 Å². The van der Waals surface area contributed by atoms with E-state index in [-0.39, 0.29) is 11.9 Å². The van der Waals surface area contributed by atoms with Crippen molar-refractivity contribution in [2.75, 3.05) is 0 Å². The number of nitrogens with two attached hydrogens (primary N) is 1. The normalized spacial score (nSPS) is 12.4. The highest BCUT2D eigenvalue weighted by molar-refractivity contribution is 14.1. The third-order valence-electron chi connectivity index (χ3n) is 2.75. The van der Waals surface area contributed by atoms with Crippen LogP contribution in [-0.4, -0.2) is 0 Å². The summed E-state index contributed by atoms with van der Waals surface area (Å²) in [6.07, 6.45) is 0.610. The van der Waals surface area contributed by atoms with E-state index in [4.69, 9.17) is 5.73 Å². The Morgan fingerprint density at radius 3 is 2.67 bits per heavy atom. The predicted molar refractivity (Wildman–Crippen MR) is 83.9 cm³/mol. The first-order valence-electron chi connectivity index (χ1n) is 5.52. The molecule has 94 valence electrons. The van der Waals surface area contributed by atoms with Gasteiger partial charge in [0.05, 0.1) is 4.47 Å². The average molecular weight is 420 g/mol. The molecule has 2 N–H and O–H groups in total. The van der Waals surface area contributed by atoms with Gasteiger partial charge in [-0.1, -0.05) is 24.3 Å². The lowest BCUT2D eigenvalue weighted by Gasteiger charge is -2.14. The fourth-order valence-electron chi connectivity index (χ4n) is 1.80. The van der Waals surface area contributed by atoms with Gasteiger partial charge >= 0.3 is 0 Å². The number of rotatable bonds is 3. The Labute approximate surface area is 128 Å². The zero-order valence-corrected chi connectivity index (χ0v) is 13.3. The largest absolute Gasteiger partial charge is 0.324 e. The molecule has 18 heavy (non-hydrogen) atoms. The summed E-state index contributed by atoms with van der Waals surface area (Å²) in [6.45, 7) is 0. The van der Waals surface area contributed by atoms with Crippen molar-refractivity contribution >= 4 is 38.5 Å². The molecule has 0 fully saturated rings. The Morgan fingerprint density at radius 1 is 1.22 bits per heavy atom. The first kappa shape index (κ1) is 14.0. The molecule has 0 radical (unpaired) electrons. The van der Waals surface area contributed by atoms with Gasteiger partial charge in [-0.15, -0.1) is 0 Å². The summed E-state index contributed by atoms with van der Waals surface area (Å²) in [5.41, 5.74) is 8.13. The van der Waals surface area contributed by atoms with Crippen LogP contribution < -0.4 is 5.73 Å². The van der Waals surface area contributed by atoms with Gasteiger partial charge in [0.15, 0.2) is 0 Å². The Bertz CT molecular complexity index is 559. The molecule has 0 spiro atoms. The molecular weight excluding hydrogens is 408 g/mol. The molecule has 2 aromatic carbocycles. The van der Waals surface area contributed by atoms with Gasteiger partial charge in [0, 0.05) is 9.61 Å². The SMILES string of the molecule is NC(Cc1cccc(F)c1Br)c1cccc(I)c1. The van der Waals surface area contributed by atoms with Gasteiger partial charge in [0.25, 0.3) is 0 Å². The summed E-state index contributed by atoms with van der Waals surface area (Å²) in [6, 6.07) is 13.0. The highest BCUT2D eigenvalue weighted by Crippen LogP contribution is 2.25. The lowest BCUT2D eigenvalue weighted by molar-refractivity contribution is 0.614. The summed E-state index contributed by atoms with van der Waals surface area (Å²) in [5.74, 6) is -0.248. The molecule has 4 heteroatoms. The van der Waals surface area contributed by atoms with Crippen molar-refractivity contribution in [3.05, 3.63) is 67.5 Å². The number of benzene rings is 2. The summed E-state index contributed by atoms with van der Waals surface area (Å²) < 4.78 is 15.1. The van der Waals surface area contributed by atoms with Crippen molar-refractivity contribution < 1.29 is 4.39 Å². The van der Waals surface area contributed by atoms with Crippen molar-refractivity contribution in [1.29, 1.82) is 0 Å². The molecule has 0 saturated carbocycles. The van der Waals surface area contributed by atoms with E-state index < -0.39 is 0 Å². The number of halogens is 3. The second-order valence-corrected chi connectivity index (χ2v) is 6.12. The monoisotopic (exact) mass is 419 g/mol. The minimum absolute atomic E-state index is 0.127. The third-order valence-corrected chi connectivity index (χ3v) is 4.31. The summed E-state index contributed by atoms with van der Waals surface area (Å²) >= 11 is 5.52. The van der Waals surface area contributed by atoms with Crippen molar-refractivity contribution in [2.24, 2.45) is 5.73 Å². The molecule has 0 saturated heterocycles. The van der Waals surface area contributed by atoms with Gasteiger partial charge in [0.2, 0.25) is 0 Å². The molecule has 0 aliphatic heterocycles. The molecule has 0 heterocycles. The van der Waals surface area contributed by atoms with Gasteiger partial charge in [-0.25, -0.2) is 4.39 Å². The molecule has 2 rings (SSSR count). The second-order valence-electron chi connectivity index (χ2n) is 4.08. The minimum atomic E-state index is -0.248. The molecule has 2 aromatic rings. The molecule has 1 nitrogen and oxygen atoms in total. The molecule has 0 bridgehead atoms. The fraction of sp³-hybridized carbons (Fsp3) is 0.143. The Balaban J connectivity index is 2.21. The summed E-state index contributed by atoms with van der Waals surface area (Å²) in [4.78, 5) is 0. The first-order chi connectivity index (χ1) is 8.58. The molecule has 1 unspecified atom stereocenters. The van der Waals surface area contributed by atoms with Crippen molar-refractivity contribution in [3.8, 4) is 0 Å². The highest BCUT2D eigenvalue weighted by atomic mass is 127. The summed E-state index contributed by atoms with van der Waals surface area (Å²) in [7, 11) is 0. The number of hydrogen-bond acceptors (Lipinski definition) is 1. The molecule has 0 aliphatic carbocycles. The predicted octanol–water partition coefficient (Wildman–Crippen LogP) is 4.44. The van der Waals surface area contributed by atoms with Crippen LogP contribution in [0.2, 0.25) is 0 Å². The fourth-order valence-corrected chi connectivity index (χ4v) is 2.79. The van der Waals surface area contributed by atoms with Crippen LogP contribution in [0, 0.1) is 9.39 Å². The Hall–Kier alpha value is -0.460. The van der Waals surface area contributed by atoms with Crippen LogP contribution in [0.15, 0.2) is 46.9 Å². The smallest absolute Gasteiger partial charge is 0.137 e. The third kappa shape index (κ3) is 3.30. The average Bonchev–Trinajstić information content (AvgIpc) is 2.35. The standard InChI is InChI=1S/C14H12BrFIN/c15-14-10(4-2-6-12(14)16)8-13(18)9-3-1-5-11(17)7-9/h1-7,13H,8,18H2. The maximum Gasteiger partial charge on any atom is 0.137 e. The van der Waals surface area contributed by atoms with Gasteiger partial charge in [-0.05, 0) is 74.3 Å². The van der Waals surface area contributed by atoms with E-state index >= 15 is 0 Å². The quantitative estimate of drug-likeness (QED) is 0.731. The minimum Gasteiger partial charge on any atom is -0.324 e. The maximum atomic E-state index is 13.4. The van der Waals surface area contributed by atoms with Gasteiger partial charge in [0.1, 0.15) is 5.82 Å². The lowest BCUT2D eigenvalue weighted by Crippen LogP contribution is -2.14. The highest BCUT2D eigenvalue weighted by Gasteiger charge is 2.11. The van der Waals surface area contributed by atoms with E-state index in [2.05, 4.69) is 44.6 Å². The van der Waals surface area contributed by atoms with Crippen molar-refractivity contribution in [2.45, 2.75) is 12.5 Å². The summed E-state index contributed by atoms with van der Waals surface area (Å²) in [5, 5.41) is 0. The zero-order chi connectivity index (χ0) is 13.1. The molecule has 0 amide bonds. The molecule has 1 atom stereocenters. The van der Waals surface area contributed by atoms with Gasteiger partial charge in [-0.3, -0.25) is 0 Å². The first-order valence-corrected chi connectivity index (χ1v) is 7.39. The molecular formula is C14H12BrFIN. The van der Waals surface area contributed by atoms with Crippen molar-refractivity contribution in [1.82, 2.24) is 0 Å². The number of hydrogen-bond donors (Lipinski definition) is 1. The lowest BCUT2D eigenvalue weighted by atomic mass is 10.00. The van der Waals surface area contributed by atoms with Crippen LogP contribution in [0.3, 0.4) is 0 Å². The Kier molecular flexibility index (Phi) is 4.75. The van der Waals surface area contributed by atoms with E-state index in [1.807, 2.05) is 24.3 Å². The van der Waals surface area contributed by atoms with Crippen LogP contribution in [0.25, 0.3) is 0 Å². The maximum absolute atomic E-state index is 13.4. The second kappa shape index (κ2) is 6.12. The van der Waals surface area contributed by atoms with E-state index in [0.717, 1.165) is 14.7 Å². The van der Waals surface area contributed by atoms with Gasteiger partial charge < -0.3 is 5.73 Å². The van der Waals surface area contributed by atoms with E-state index in [0.29, 0.717) is 10.9 Å². The van der Waals surface area contributed by atoms with E-state index in [1.54, 1.807) is 6.07 Å². The molecule has 0 aliphatic rings.